The molecule has 3 heteroatoms. The highest BCUT2D eigenvalue weighted by molar-refractivity contribution is 6.28. The van der Waals surface area contributed by atoms with Crippen molar-refractivity contribution in [3.05, 3.63) is 10.8 Å². The summed E-state index contributed by atoms with van der Waals surface area (Å²) in [5.74, 6) is 0. The summed E-state index contributed by atoms with van der Waals surface area (Å²) in [4.78, 5) is 0. The number of hydrogen-bond acceptors (Lipinski definition) is 2. The average Bonchev–Trinajstić information content (AvgIpc) is 1.65. The van der Waals surface area contributed by atoms with Crippen molar-refractivity contribution in [2.45, 2.75) is 6.92 Å². The van der Waals surface area contributed by atoms with Crippen LogP contribution >= 0.6 is 11.6 Å². The van der Waals surface area contributed by atoms with Crippen molar-refractivity contribution in [2.75, 3.05) is 6.54 Å². The van der Waals surface area contributed by atoms with Gasteiger partial charge in [0.15, 0.2) is 5.22 Å². The molecule has 0 heterocycles. The van der Waals surface area contributed by atoms with Crippen LogP contribution in [0.3, 0.4) is 0 Å². The van der Waals surface area contributed by atoms with Crippen molar-refractivity contribution in [2.24, 2.45) is 5.73 Å². The van der Waals surface area contributed by atoms with Gasteiger partial charge in [-0.3, -0.25) is 0 Å². The number of aliphatic hydroxyl groups excluding tert-OH is 1. The minimum absolute atomic E-state index is 0.192. The van der Waals surface area contributed by atoms with Crippen LogP contribution in [-0.2, 0) is 0 Å². The van der Waals surface area contributed by atoms with Crippen LogP contribution in [0.2, 0.25) is 0 Å². The molecular weight excluding hydrogens is 114 g/mol. The fourth-order valence-electron chi connectivity index (χ4n) is 0.0842. The Hall–Kier alpha value is -0.210. The SMILES string of the molecule is C/C(CN)=C(\O)Cl. The molecule has 0 aliphatic carbocycles. The van der Waals surface area contributed by atoms with E-state index in [4.69, 9.17) is 22.4 Å². The van der Waals surface area contributed by atoms with Gasteiger partial charge in [-0.1, -0.05) is 0 Å². The smallest absolute Gasteiger partial charge is 0.184 e. The number of hydrogen-bond donors (Lipinski definition) is 2. The van der Waals surface area contributed by atoms with Gasteiger partial charge in [-0.05, 0) is 24.1 Å². The predicted octanol–water partition coefficient (Wildman–Crippen LogP) is 0.973. The first-order valence-corrected chi connectivity index (χ1v) is 2.30. The Labute approximate surface area is 47.6 Å². The minimum atomic E-state index is -0.192. The molecule has 0 fully saturated rings. The molecular formula is C4H8ClNO. The zero-order valence-electron chi connectivity index (χ0n) is 4.11. The maximum Gasteiger partial charge on any atom is 0.184 e. The Morgan fingerprint density at radius 3 is 2.29 bits per heavy atom. The first-order chi connectivity index (χ1) is 3.18. The molecule has 0 aromatic heterocycles. The molecule has 0 rings (SSSR count). The van der Waals surface area contributed by atoms with E-state index in [0.717, 1.165) is 0 Å². The van der Waals surface area contributed by atoms with Gasteiger partial charge in [0, 0.05) is 6.54 Å². The second-order valence-corrected chi connectivity index (χ2v) is 1.63. The average molecular weight is 122 g/mol. The first-order valence-electron chi connectivity index (χ1n) is 1.92. The molecule has 0 aliphatic rings. The predicted molar refractivity (Wildman–Crippen MR) is 30.2 cm³/mol. The molecule has 2 nitrogen and oxygen atoms in total. The number of halogens is 1. The Morgan fingerprint density at radius 1 is 1.86 bits per heavy atom. The molecule has 0 amide bonds. The van der Waals surface area contributed by atoms with Crippen molar-refractivity contribution in [3.63, 3.8) is 0 Å². The van der Waals surface area contributed by atoms with Gasteiger partial charge in [0.2, 0.25) is 0 Å². The maximum atomic E-state index is 8.39. The Bertz CT molecular complexity index is 85.7. The van der Waals surface area contributed by atoms with E-state index in [9.17, 15) is 0 Å². The van der Waals surface area contributed by atoms with Crippen molar-refractivity contribution < 1.29 is 5.11 Å². The Balaban J connectivity index is 3.72. The zero-order valence-corrected chi connectivity index (χ0v) is 4.87. The summed E-state index contributed by atoms with van der Waals surface area (Å²) in [5, 5.41) is 8.19. The van der Waals surface area contributed by atoms with Gasteiger partial charge in [-0.15, -0.1) is 0 Å². The number of aliphatic hydroxyl groups is 1. The summed E-state index contributed by atoms with van der Waals surface area (Å²) < 4.78 is 0. The Morgan fingerprint density at radius 2 is 2.29 bits per heavy atom. The minimum Gasteiger partial charge on any atom is -0.499 e. The summed E-state index contributed by atoms with van der Waals surface area (Å²) >= 11 is 5.08. The van der Waals surface area contributed by atoms with Crippen molar-refractivity contribution >= 4 is 11.6 Å². The quantitative estimate of drug-likeness (QED) is 0.508. The lowest BCUT2D eigenvalue weighted by Crippen LogP contribution is -2.00. The van der Waals surface area contributed by atoms with Crippen LogP contribution in [0.1, 0.15) is 6.92 Å². The second kappa shape index (κ2) is 2.88. The molecule has 0 saturated carbocycles. The van der Waals surface area contributed by atoms with Gasteiger partial charge in [0.05, 0.1) is 0 Å². The van der Waals surface area contributed by atoms with Crippen molar-refractivity contribution in [3.8, 4) is 0 Å². The largest absolute Gasteiger partial charge is 0.499 e. The molecule has 0 aromatic carbocycles. The van der Waals surface area contributed by atoms with E-state index in [-0.39, 0.29) is 5.22 Å². The van der Waals surface area contributed by atoms with Crippen LogP contribution in [0.5, 0.6) is 0 Å². The van der Waals surface area contributed by atoms with Crippen LogP contribution < -0.4 is 5.73 Å². The third-order valence-corrected chi connectivity index (χ3v) is 0.981. The monoisotopic (exact) mass is 121 g/mol. The van der Waals surface area contributed by atoms with Crippen LogP contribution in [0.25, 0.3) is 0 Å². The summed E-state index contributed by atoms with van der Waals surface area (Å²) in [6.45, 7) is 1.98. The van der Waals surface area contributed by atoms with Crippen LogP contribution in [0, 0.1) is 0 Å². The molecule has 0 saturated heterocycles. The van der Waals surface area contributed by atoms with Gasteiger partial charge in [0.25, 0.3) is 0 Å². The topological polar surface area (TPSA) is 46.2 Å². The molecule has 0 radical (unpaired) electrons. The highest BCUT2D eigenvalue weighted by atomic mass is 35.5. The molecule has 0 bridgehead atoms. The molecule has 42 valence electrons. The lowest BCUT2D eigenvalue weighted by atomic mass is 10.3. The molecule has 0 spiro atoms. The van der Waals surface area contributed by atoms with E-state index >= 15 is 0 Å². The third-order valence-electron chi connectivity index (χ3n) is 0.658. The summed E-state index contributed by atoms with van der Waals surface area (Å²) in [7, 11) is 0. The molecule has 7 heavy (non-hydrogen) atoms. The van der Waals surface area contributed by atoms with Gasteiger partial charge in [-0.2, -0.15) is 0 Å². The van der Waals surface area contributed by atoms with Gasteiger partial charge in [-0.25, -0.2) is 0 Å². The van der Waals surface area contributed by atoms with E-state index in [1.165, 1.54) is 0 Å². The highest BCUT2D eigenvalue weighted by Crippen LogP contribution is 2.00. The van der Waals surface area contributed by atoms with Gasteiger partial charge in [0.1, 0.15) is 0 Å². The number of rotatable bonds is 1. The van der Waals surface area contributed by atoms with Crippen molar-refractivity contribution in [1.29, 1.82) is 0 Å². The zero-order chi connectivity index (χ0) is 5.86. The second-order valence-electron chi connectivity index (χ2n) is 1.28. The fourth-order valence-corrected chi connectivity index (χ4v) is 0.161. The number of nitrogens with two attached hydrogens (primary N) is 1. The van der Waals surface area contributed by atoms with Gasteiger partial charge >= 0.3 is 0 Å². The standard InChI is InChI=1S/C4H8ClNO/c1-3(2-6)4(5)7/h7H,2,6H2,1H3/b4-3+. The molecule has 0 atom stereocenters. The molecule has 0 unspecified atom stereocenters. The normalized spacial score (nSPS) is 13.6. The van der Waals surface area contributed by atoms with Crippen LogP contribution in [0.4, 0.5) is 0 Å². The molecule has 0 aliphatic heterocycles. The summed E-state index contributed by atoms with van der Waals surface area (Å²) in [6.07, 6.45) is 0. The highest BCUT2D eigenvalue weighted by Gasteiger charge is 1.89. The Kier molecular flexibility index (Phi) is 2.79. The van der Waals surface area contributed by atoms with Gasteiger partial charge < -0.3 is 10.8 Å². The van der Waals surface area contributed by atoms with Crippen molar-refractivity contribution in [1.82, 2.24) is 0 Å². The van der Waals surface area contributed by atoms with E-state index in [2.05, 4.69) is 0 Å². The molecule has 3 N–H and O–H groups in total. The third kappa shape index (κ3) is 2.48. The fraction of sp³-hybridized carbons (Fsp3) is 0.500. The lowest BCUT2D eigenvalue weighted by molar-refractivity contribution is 0.445. The van der Waals surface area contributed by atoms with Crippen LogP contribution in [0.15, 0.2) is 10.8 Å². The van der Waals surface area contributed by atoms with E-state index in [1.54, 1.807) is 6.92 Å². The van der Waals surface area contributed by atoms with E-state index in [1.807, 2.05) is 0 Å². The summed E-state index contributed by atoms with van der Waals surface area (Å²) in [6, 6.07) is 0. The maximum absolute atomic E-state index is 8.39. The lowest BCUT2D eigenvalue weighted by Gasteiger charge is -1.91. The summed E-state index contributed by atoms with van der Waals surface area (Å²) in [5.41, 5.74) is 5.68. The van der Waals surface area contributed by atoms with E-state index in [0.29, 0.717) is 12.1 Å². The molecule has 0 aromatic rings. The van der Waals surface area contributed by atoms with Crippen LogP contribution in [-0.4, -0.2) is 11.7 Å². The van der Waals surface area contributed by atoms with E-state index < -0.39 is 0 Å². The first kappa shape index (κ1) is 6.79.